The van der Waals surface area contributed by atoms with E-state index in [9.17, 15) is 22.8 Å². The second kappa shape index (κ2) is 9.91. The molecule has 194 valence electrons. The number of likely N-dealkylation sites (N-methyl/N-ethyl adjacent to an activating group) is 1. The lowest BCUT2D eigenvalue weighted by atomic mass is 10.0. The second-order valence-corrected chi connectivity index (χ2v) is 8.20. The lowest BCUT2D eigenvalue weighted by Gasteiger charge is -2.19. The predicted octanol–water partition coefficient (Wildman–Crippen LogP) is 2.42. The summed E-state index contributed by atoms with van der Waals surface area (Å²) in [5.74, 6) is 0.0328. The molecule has 0 unspecified atom stereocenters. The standard InChI is InChI=1S/C24H25F3N8O2/c1-28-20(36)11-31-18-8-13(21-15(10-32-34(21)4)22(29-2)30-3)9-19(33-18)35-12-16-14(23(35)37)6-5-7-17(16)24(25,26)27/h5-10H,11-12H2,1-4H3,(H,28,36)(H,29,30)(H,31,33). The van der Waals surface area contributed by atoms with E-state index in [1.165, 1.54) is 24.1 Å². The second-order valence-electron chi connectivity index (χ2n) is 8.20. The summed E-state index contributed by atoms with van der Waals surface area (Å²) in [7, 11) is 6.55. The Bertz CT molecular complexity index is 1400. The van der Waals surface area contributed by atoms with Crippen LogP contribution < -0.4 is 20.9 Å². The maximum absolute atomic E-state index is 13.6. The fourth-order valence-electron chi connectivity index (χ4n) is 4.24. The molecule has 0 atom stereocenters. The van der Waals surface area contributed by atoms with Gasteiger partial charge in [-0.15, -0.1) is 0 Å². The van der Waals surface area contributed by atoms with Crippen LogP contribution in [0, 0.1) is 0 Å². The molecule has 0 saturated heterocycles. The van der Waals surface area contributed by atoms with Gasteiger partial charge < -0.3 is 16.0 Å². The van der Waals surface area contributed by atoms with Crippen molar-refractivity contribution < 1.29 is 22.8 Å². The summed E-state index contributed by atoms with van der Waals surface area (Å²) in [5.41, 5.74) is 0.860. The van der Waals surface area contributed by atoms with Gasteiger partial charge in [0.2, 0.25) is 5.91 Å². The summed E-state index contributed by atoms with van der Waals surface area (Å²) < 4.78 is 42.5. The Morgan fingerprint density at radius 1 is 1.19 bits per heavy atom. The fourth-order valence-corrected chi connectivity index (χ4v) is 4.24. The first-order valence-corrected chi connectivity index (χ1v) is 11.2. The van der Waals surface area contributed by atoms with Gasteiger partial charge in [-0.1, -0.05) is 6.07 Å². The molecule has 0 saturated carbocycles. The molecule has 0 spiro atoms. The van der Waals surface area contributed by atoms with Crippen molar-refractivity contribution >= 4 is 29.3 Å². The first-order chi connectivity index (χ1) is 17.6. The van der Waals surface area contributed by atoms with Crippen LogP contribution in [0.25, 0.3) is 11.3 Å². The number of amidine groups is 1. The molecule has 10 nitrogen and oxygen atoms in total. The molecule has 37 heavy (non-hydrogen) atoms. The Morgan fingerprint density at radius 2 is 1.95 bits per heavy atom. The van der Waals surface area contributed by atoms with Gasteiger partial charge in [0, 0.05) is 39.3 Å². The number of rotatable bonds is 6. The number of benzene rings is 1. The number of aromatic nitrogens is 3. The van der Waals surface area contributed by atoms with Crippen molar-refractivity contribution in [3.8, 4) is 11.3 Å². The number of hydrogen-bond donors (Lipinski definition) is 3. The van der Waals surface area contributed by atoms with Crippen molar-refractivity contribution in [3.05, 3.63) is 58.8 Å². The van der Waals surface area contributed by atoms with Crippen LogP contribution in [0.3, 0.4) is 0 Å². The first kappa shape index (κ1) is 25.7. The third kappa shape index (κ3) is 4.84. The Morgan fingerprint density at radius 3 is 2.59 bits per heavy atom. The molecule has 3 N–H and O–H groups in total. The minimum absolute atomic E-state index is 0.0290. The van der Waals surface area contributed by atoms with Crippen molar-refractivity contribution in [2.75, 3.05) is 37.9 Å². The monoisotopic (exact) mass is 514 g/mol. The number of nitrogens with one attached hydrogen (secondary N) is 3. The average Bonchev–Trinajstić information content (AvgIpc) is 3.42. The van der Waals surface area contributed by atoms with Gasteiger partial charge in [0.15, 0.2) is 0 Å². The van der Waals surface area contributed by atoms with Gasteiger partial charge >= 0.3 is 6.18 Å². The summed E-state index contributed by atoms with van der Waals surface area (Å²) in [6.45, 7) is -0.402. The maximum atomic E-state index is 13.6. The predicted molar refractivity (Wildman–Crippen MR) is 132 cm³/mol. The number of hydrogen-bond acceptors (Lipinski definition) is 6. The maximum Gasteiger partial charge on any atom is 0.416 e. The van der Waals surface area contributed by atoms with Crippen LogP contribution in [0.5, 0.6) is 0 Å². The minimum Gasteiger partial charge on any atom is -0.373 e. The highest BCUT2D eigenvalue weighted by Crippen LogP contribution is 2.39. The van der Waals surface area contributed by atoms with E-state index in [1.54, 1.807) is 44.2 Å². The van der Waals surface area contributed by atoms with Crippen LogP contribution in [-0.2, 0) is 24.6 Å². The quantitative estimate of drug-likeness (QED) is 0.344. The molecule has 3 aromatic rings. The first-order valence-electron chi connectivity index (χ1n) is 11.2. The van der Waals surface area contributed by atoms with Gasteiger partial charge in [0.1, 0.15) is 17.5 Å². The highest BCUT2D eigenvalue weighted by molar-refractivity contribution is 6.10. The van der Waals surface area contributed by atoms with Crippen molar-refractivity contribution in [1.82, 2.24) is 25.4 Å². The number of halogens is 3. The van der Waals surface area contributed by atoms with Crippen LogP contribution in [0.1, 0.15) is 27.0 Å². The van der Waals surface area contributed by atoms with Gasteiger partial charge in [-0.05, 0) is 29.8 Å². The lowest BCUT2D eigenvalue weighted by molar-refractivity contribution is -0.138. The molecule has 1 aliphatic rings. The molecule has 1 aromatic carbocycles. The van der Waals surface area contributed by atoms with E-state index in [4.69, 9.17) is 0 Å². The van der Waals surface area contributed by atoms with E-state index >= 15 is 0 Å². The van der Waals surface area contributed by atoms with Gasteiger partial charge in [-0.2, -0.15) is 18.3 Å². The Balaban J connectivity index is 1.84. The van der Waals surface area contributed by atoms with E-state index in [1.807, 2.05) is 0 Å². The van der Waals surface area contributed by atoms with Crippen LogP contribution in [0.15, 0.2) is 41.5 Å². The van der Waals surface area contributed by atoms with E-state index in [0.29, 0.717) is 22.7 Å². The van der Waals surface area contributed by atoms with Crippen LogP contribution in [0.4, 0.5) is 24.8 Å². The lowest BCUT2D eigenvalue weighted by Crippen LogP contribution is -2.27. The summed E-state index contributed by atoms with van der Waals surface area (Å²) >= 11 is 0. The molecule has 2 amide bonds. The number of alkyl halides is 3. The summed E-state index contributed by atoms with van der Waals surface area (Å²) in [5, 5.41) is 12.7. The normalized spacial score (nSPS) is 13.5. The number of carbonyl (C=O) groups is 2. The molecule has 13 heteroatoms. The zero-order valence-corrected chi connectivity index (χ0v) is 20.6. The van der Waals surface area contributed by atoms with E-state index in [0.717, 1.165) is 6.07 Å². The molecule has 3 heterocycles. The minimum atomic E-state index is -4.61. The van der Waals surface area contributed by atoms with Gasteiger partial charge in [0.05, 0.1) is 36.1 Å². The highest BCUT2D eigenvalue weighted by atomic mass is 19.4. The fraction of sp³-hybridized carbons (Fsp3) is 0.292. The van der Waals surface area contributed by atoms with Crippen LogP contribution in [-0.4, -0.2) is 60.1 Å². The molecule has 1 aliphatic heterocycles. The Labute approximate surface area is 210 Å². The molecule has 0 bridgehead atoms. The Hall–Kier alpha value is -4.42. The number of carbonyl (C=O) groups excluding carboxylic acids is 2. The molecule has 0 fully saturated rings. The SMILES string of the molecule is CN=C(NC)c1cnn(C)c1-c1cc(NCC(=O)NC)nc(N2Cc3c(cccc3C(F)(F)F)C2=O)c1. The van der Waals surface area contributed by atoms with E-state index in [-0.39, 0.29) is 41.8 Å². The number of fused-ring (bicyclic) bond motifs is 1. The molecule has 2 aromatic heterocycles. The number of nitrogens with zero attached hydrogens (tertiary/aromatic N) is 5. The molecule has 0 radical (unpaired) electrons. The topological polar surface area (TPSA) is 117 Å². The van der Waals surface area contributed by atoms with Crippen LogP contribution in [0.2, 0.25) is 0 Å². The average molecular weight is 515 g/mol. The number of aliphatic imine (C=N–C) groups is 1. The van der Waals surface area contributed by atoms with Gasteiger partial charge in [-0.25, -0.2) is 4.98 Å². The zero-order chi connectivity index (χ0) is 26.9. The van der Waals surface area contributed by atoms with Crippen LogP contribution >= 0.6 is 0 Å². The summed E-state index contributed by atoms with van der Waals surface area (Å²) in [6.07, 6.45) is -2.98. The molecule has 4 rings (SSSR count). The van der Waals surface area contributed by atoms with Crippen molar-refractivity contribution in [1.29, 1.82) is 0 Å². The smallest absolute Gasteiger partial charge is 0.373 e. The molecular formula is C24H25F3N8O2. The summed E-state index contributed by atoms with van der Waals surface area (Å²) in [6, 6.07) is 6.82. The highest BCUT2D eigenvalue weighted by Gasteiger charge is 2.40. The Kier molecular flexibility index (Phi) is 6.88. The van der Waals surface area contributed by atoms with E-state index in [2.05, 4.69) is 31.0 Å². The van der Waals surface area contributed by atoms with Gasteiger partial charge in [0.25, 0.3) is 5.91 Å². The number of anilines is 2. The van der Waals surface area contributed by atoms with Crippen molar-refractivity contribution in [3.63, 3.8) is 0 Å². The van der Waals surface area contributed by atoms with E-state index < -0.39 is 17.6 Å². The third-order valence-electron chi connectivity index (χ3n) is 6.00. The largest absolute Gasteiger partial charge is 0.416 e. The number of amides is 2. The molecular weight excluding hydrogens is 489 g/mol. The summed E-state index contributed by atoms with van der Waals surface area (Å²) in [4.78, 5) is 34.9. The number of pyridine rings is 1. The number of aryl methyl sites for hydroxylation is 1. The zero-order valence-electron chi connectivity index (χ0n) is 20.6. The van der Waals surface area contributed by atoms with Crippen molar-refractivity contribution in [2.24, 2.45) is 12.0 Å². The van der Waals surface area contributed by atoms with Crippen molar-refractivity contribution in [2.45, 2.75) is 12.7 Å². The van der Waals surface area contributed by atoms with Gasteiger partial charge in [-0.3, -0.25) is 24.2 Å². The molecule has 0 aliphatic carbocycles. The third-order valence-corrected chi connectivity index (χ3v) is 6.00.